The van der Waals surface area contributed by atoms with E-state index in [4.69, 9.17) is 16.3 Å². The van der Waals surface area contributed by atoms with Crippen LogP contribution in [-0.4, -0.2) is 15.8 Å². The van der Waals surface area contributed by atoms with Crippen molar-refractivity contribution in [1.29, 1.82) is 0 Å². The zero-order chi connectivity index (χ0) is 9.90. The monoisotopic (exact) mass is 199 g/mol. The van der Waals surface area contributed by atoms with E-state index in [0.717, 1.165) is 0 Å². The Morgan fingerprint density at radius 1 is 1.62 bits per heavy atom. The van der Waals surface area contributed by atoms with Gasteiger partial charge in [0.15, 0.2) is 5.60 Å². The van der Waals surface area contributed by atoms with Crippen LogP contribution in [0.4, 0.5) is 0 Å². The molecule has 0 saturated carbocycles. The van der Waals surface area contributed by atoms with Crippen LogP contribution in [0.25, 0.3) is 0 Å². The molecule has 0 bridgehead atoms. The predicted octanol–water partition coefficient (Wildman–Crippen LogP) is 2.00. The quantitative estimate of drug-likeness (QED) is 0.699. The Hall–Kier alpha value is -1.09. The molecule has 0 spiro atoms. The van der Waals surface area contributed by atoms with Crippen molar-refractivity contribution < 1.29 is 9.53 Å². The van der Waals surface area contributed by atoms with E-state index in [2.05, 4.69) is 4.98 Å². The maximum absolute atomic E-state index is 10.9. The molecule has 0 unspecified atom stereocenters. The van der Waals surface area contributed by atoms with E-state index in [9.17, 15) is 4.79 Å². The molecule has 0 aliphatic carbocycles. The number of carbonyl (C=O) groups excluding carboxylic acids is 1. The third-order valence-corrected chi connectivity index (χ3v) is 1.94. The van der Waals surface area contributed by atoms with Gasteiger partial charge in [0.1, 0.15) is 5.75 Å². The van der Waals surface area contributed by atoms with Crippen LogP contribution in [0.3, 0.4) is 0 Å². The molecule has 4 heteroatoms. The normalized spacial score (nSPS) is 11.0. The molecule has 0 fully saturated rings. The molecule has 1 aromatic rings. The molecular formula is C9H10ClNO2. The van der Waals surface area contributed by atoms with Crippen LogP contribution in [0.15, 0.2) is 24.5 Å². The highest BCUT2D eigenvalue weighted by Crippen LogP contribution is 2.18. The summed E-state index contributed by atoms with van der Waals surface area (Å²) >= 11 is 5.34. The summed E-state index contributed by atoms with van der Waals surface area (Å²) in [5.74, 6) is 0.529. The average molecular weight is 200 g/mol. The van der Waals surface area contributed by atoms with Crippen molar-refractivity contribution in [3.8, 4) is 5.75 Å². The molecule has 1 heterocycles. The Morgan fingerprint density at radius 3 is 2.77 bits per heavy atom. The third kappa shape index (κ3) is 2.70. The van der Waals surface area contributed by atoms with Crippen molar-refractivity contribution in [3.05, 3.63) is 24.5 Å². The van der Waals surface area contributed by atoms with E-state index < -0.39 is 10.8 Å². The summed E-state index contributed by atoms with van der Waals surface area (Å²) in [4.78, 5) is 14.7. The largest absolute Gasteiger partial charge is 0.477 e. The van der Waals surface area contributed by atoms with Gasteiger partial charge >= 0.3 is 0 Å². The van der Waals surface area contributed by atoms with E-state index in [1.165, 1.54) is 6.20 Å². The number of pyridine rings is 1. The summed E-state index contributed by atoms with van der Waals surface area (Å²) in [6, 6.07) is 3.44. The zero-order valence-corrected chi connectivity index (χ0v) is 8.21. The second-order valence-corrected chi connectivity index (χ2v) is 3.42. The SMILES string of the molecule is CC(C)(Oc1cccnc1)C(=O)Cl. The molecule has 13 heavy (non-hydrogen) atoms. The number of rotatable bonds is 3. The number of carbonyl (C=O) groups is 1. The molecule has 0 aliphatic heterocycles. The van der Waals surface area contributed by atoms with Crippen LogP contribution in [0.5, 0.6) is 5.75 Å². The van der Waals surface area contributed by atoms with Crippen molar-refractivity contribution in [3.63, 3.8) is 0 Å². The maximum Gasteiger partial charge on any atom is 0.264 e. The molecule has 0 aromatic carbocycles. The summed E-state index contributed by atoms with van der Waals surface area (Å²) in [6.45, 7) is 3.21. The molecule has 3 nitrogen and oxygen atoms in total. The van der Waals surface area contributed by atoms with Gasteiger partial charge in [-0.05, 0) is 37.6 Å². The molecule has 0 saturated heterocycles. The third-order valence-electron chi connectivity index (χ3n) is 1.48. The van der Waals surface area contributed by atoms with Gasteiger partial charge in [-0.1, -0.05) is 0 Å². The minimum atomic E-state index is -1.01. The van der Waals surface area contributed by atoms with Crippen molar-refractivity contribution >= 4 is 16.8 Å². The molecule has 0 radical (unpaired) electrons. The second-order valence-electron chi connectivity index (χ2n) is 3.07. The summed E-state index contributed by atoms with van der Waals surface area (Å²) in [7, 11) is 0. The van der Waals surface area contributed by atoms with E-state index >= 15 is 0 Å². The lowest BCUT2D eigenvalue weighted by atomic mass is 10.2. The van der Waals surface area contributed by atoms with Gasteiger partial charge in [0.05, 0.1) is 6.20 Å². The second kappa shape index (κ2) is 3.75. The lowest BCUT2D eigenvalue weighted by molar-refractivity contribution is -0.123. The van der Waals surface area contributed by atoms with Gasteiger partial charge in [-0.25, -0.2) is 0 Å². The number of hydrogen-bond donors (Lipinski definition) is 0. The van der Waals surface area contributed by atoms with Crippen LogP contribution in [-0.2, 0) is 4.79 Å². The lowest BCUT2D eigenvalue weighted by Crippen LogP contribution is -2.34. The van der Waals surface area contributed by atoms with E-state index in [1.54, 1.807) is 32.2 Å². The van der Waals surface area contributed by atoms with Gasteiger partial charge in [-0.3, -0.25) is 9.78 Å². The molecule has 1 aromatic heterocycles. The Morgan fingerprint density at radius 2 is 2.31 bits per heavy atom. The molecule has 0 aliphatic rings. The van der Waals surface area contributed by atoms with Gasteiger partial charge in [0.2, 0.25) is 0 Å². The fourth-order valence-corrected chi connectivity index (χ4v) is 0.781. The first kappa shape index (κ1) is 9.99. The molecular weight excluding hydrogens is 190 g/mol. The van der Waals surface area contributed by atoms with Crippen LogP contribution in [0.1, 0.15) is 13.8 Å². The van der Waals surface area contributed by atoms with Crippen molar-refractivity contribution in [1.82, 2.24) is 4.98 Å². The van der Waals surface area contributed by atoms with Crippen molar-refractivity contribution in [2.24, 2.45) is 0 Å². The smallest absolute Gasteiger partial charge is 0.264 e. The Kier molecular flexibility index (Phi) is 2.88. The summed E-state index contributed by atoms with van der Waals surface area (Å²) < 4.78 is 5.32. The van der Waals surface area contributed by atoms with Gasteiger partial charge in [0, 0.05) is 6.20 Å². The van der Waals surface area contributed by atoms with Gasteiger partial charge in [0.25, 0.3) is 5.24 Å². The Balaban J connectivity index is 2.75. The fourth-order valence-electron chi connectivity index (χ4n) is 0.742. The first-order chi connectivity index (χ1) is 6.02. The number of ether oxygens (including phenoxy) is 1. The zero-order valence-electron chi connectivity index (χ0n) is 7.45. The highest BCUT2D eigenvalue weighted by Gasteiger charge is 2.27. The van der Waals surface area contributed by atoms with Crippen molar-refractivity contribution in [2.45, 2.75) is 19.4 Å². The van der Waals surface area contributed by atoms with Crippen LogP contribution >= 0.6 is 11.6 Å². The number of hydrogen-bond acceptors (Lipinski definition) is 3. The highest BCUT2D eigenvalue weighted by molar-refractivity contribution is 6.65. The molecule has 0 atom stereocenters. The topological polar surface area (TPSA) is 39.2 Å². The Bertz CT molecular complexity index is 298. The number of aromatic nitrogens is 1. The van der Waals surface area contributed by atoms with E-state index in [-0.39, 0.29) is 0 Å². The first-order valence-corrected chi connectivity index (χ1v) is 4.19. The molecule has 70 valence electrons. The van der Waals surface area contributed by atoms with Crippen molar-refractivity contribution in [2.75, 3.05) is 0 Å². The van der Waals surface area contributed by atoms with E-state index in [0.29, 0.717) is 5.75 Å². The minimum absolute atomic E-state index is 0.529. The van der Waals surface area contributed by atoms with Crippen LogP contribution < -0.4 is 4.74 Å². The predicted molar refractivity (Wildman–Crippen MR) is 49.8 cm³/mol. The summed E-state index contributed by atoms with van der Waals surface area (Å²) in [6.07, 6.45) is 3.16. The van der Waals surface area contributed by atoms with Gasteiger partial charge in [-0.2, -0.15) is 0 Å². The number of halogens is 1. The van der Waals surface area contributed by atoms with E-state index in [1.807, 2.05) is 0 Å². The van der Waals surface area contributed by atoms with Crippen LogP contribution in [0, 0.1) is 0 Å². The molecule has 0 N–H and O–H groups in total. The minimum Gasteiger partial charge on any atom is -0.477 e. The van der Waals surface area contributed by atoms with Crippen LogP contribution in [0.2, 0.25) is 0 Å². The van der Waals surface area contributed by atoms with Gasteiger partial charge < -0.3 is 4.74 Å². The lowest BCUT2D eigenvalue weighted by Gasteiger charge is -2.21. The fraction of sp³-hybridized carbons (Fsp3) is 0.333. The first-order valence-electron chi connectivity index (χ1n) is 3.81. The molecule has 1 rings (SSSR count). The summed E-state index contributed by atoms with van der Waals surface area (Å²) in [5.41, 5.74) is -1.01. The Labute approximate surface area is 81.7 Å². The summed E-state index contributed by atoms with van der Waals surface area (Å²) in [5, 5.41) is -0.531. The average Bonchev–Trinajstić information content (AvgIpc) is 2.05. The van der Waals surface area contributed by atoms with Gasteiger partial charge in [-0.15, -0.1) is 0 Å². The molecule has 0 amide bonds. The highest BCUT2D eigenvalue weighted by atomic mass is 35.5. The maximum atomic E-state index is 10.9. The standard InChI is InChI=1S/C9H10ClNO2/c1-9(2,8(10)12)13-7-4-3-5-11-6-7/h3-6H,1-2H3. The number of nitrogens with zero attached hydrogens (tertiary/aromatic N) is 1.